The van der Waals surface area contributed by atoms with Crippen LogP contribution in [0.25, 0.3) is 17.2 Å². The summed E-state index contributed by atoms with van der Waals surface area (Å²) in [5.74, 6) is 1.28. The number of hydrogen-bond acceptors (Lipinski definition) is 7. The van der Waals surface area contributed by atoms with E-state index in [4.69, 9.17) is 14.2 Å². The number of hydrogen-bond donors (Lipinski definition) is 0. The molecule has 2 aromatic carbocycles. The van der Waals surface area contributed by atoms with Crippen LogP contribution in [0.2, 0.25) is 0 Å². The number of nitrogens with zero attached hydrogens (tertiary/aromatic N) is 4. The molecule has 0 saturated heterocycles. The van der Waals surface area contributed by atoms with E-state index < -0.39 is 11.2 Å². The number of imidazole rings is 1. The molecule has 0 unspecified atom stereocenters. The van der Waals surface area contributed by atoms with Crippen LogP contribution in [0.1, 0.15) is 15.9 Å². The Morgan fingerprint density at radius 3 is 2.26 bits per heavy atom. The van der Waals surface area contributed by atoms with Crippen molar-refractivity contribution in [3.63, 3.8) is 0 Å². The molecule has 0 amide bonds. The van der Waals surface area contributed by atoms with E-state index in [0.717, 1.165) is 10.1 Å². The monoisotopic (exact) mass is 476 g/mol. The molecule has 4 rings (SSSR count). The first kappa shape index (κ1) is 23.6. The van der Waals surface area contributed by atoms with Gasteiger partial charge in [0.1, 0.15) is 5.75 Å². The minimum absolute atomic E-state index is 0.120. The molecule has 0 radical (unpaired) electrons. The van der Waals surface area contributed by atoms with E-state index in [1.54, 1.807) is 62.7 Å². The maximum absolute atomic E-state index is 12.6. The molecule has 180 valence electrons. The van der Waals surface area contributed by atoms with Crippen LogP contribution in [0.15, 0.2) is 58.1 Å². The topological polar surface area (TPSA) is 107 Å². The second kappa shape index (κ2) is 9.34. The molecule has 0 spiro atoms. The van der Waals surface area contributed by atoms with Crippen LogP contribution in [0.5, 0.6) is 23.3 Å². The molecule has 10 nitrogen and oxygen atoms in total. The number of aromatic nitrogens is 4. The minimum atomic E-state index is -0.481. The molecule has 0 aliphatic rings. The number of rotatable bonds is 7. The summed E-state index contributed by atoms with van der Waals surface area (Å²) in [5.41, 5.74) is 0.756. The highest BCUT2D eigenvalue weighted by Crippen LogP contribution is 2.33. The largest absolute Gasteiger partial charge is 0.497 e. The second-order valence-corrected chi connectivity index (χ2v) is 7.77. The number of ether oxygens (including phenoxy) is 3. The molecular formula is C25H24N4O6. The van der Waals surface area contributed by atoms with Crippen molar-refractivity contribution in [2.45, 2.75) is 0 Å². The average molecular weight is 476 g/mol. The Bertz CT molecular complexity index is 1580. The summed E-state index contributed by atoms with van der Waals surface area (Å²) in [6, 6.07) is 12.1. The maximum Gasteiger partial charge on any atom is 0.332 e. The van der Waals surface area contributed by atoms with Crippen molar-refractivity contribution in [2.75, 3.05) is 14.2 Å². The number of benzene rings is 2. The van der Waals surface area contributed by atoms with Crippen LogP contribution < -0.4 is 25.5 Å². The van der Waals surface area contributed by atoms with Gasteiger partial charge >= 0.3 is 11.7 Å². The molecule has 0 N–H and O–H groups in total. The summed E-state index contributed by atoms with van der Waals surface area (Å²) in [7, 11) is 7.64. The fourth-order valence-corrected chi connectivity index (χ4v) is 3.58. The molecule has 0 fully saturated rings. The molecule has 0 saturated carbocycles. The first-order valence-corrected chi connectivity index (χ1v) is 10.6. The van der Waals surface area contributed by atoms with Crippen molar-refractivity contribution in [1.29, 1.82) is 0 Å². The highest BCUT2D eigenvalue weighted by Gasteiger charge is 2.19. The van der Waals surface area contributed by atoms with Crippen LogP contribution in [0, 0.1) is 0 Å². The lowest BCUT2D eigenvalue weighted by molar-refractivity contribution is 0.104. The Kier molecular flexibility index (Phi) is 6.28. The maximum atomic E-state index is 12.6. The lowest BCUT2D eigenvalue weighted by atomic mass is 10.1. The number of carbonyl (C=O) groups excluding carboxylic acids is 1. The van der Waals surface area contributed by atoms with Gasteiger partial charge in [0, 0.05) is 26.7 Å². The average Bonchev–Trinajstić information content (AvgIpc) is 3.21. The van der Waals surface area contributed by atoms with Crippen LogP contribution in [-0.4, -0.2) is 38.7 Å². The predicted molar refractivity (Wildman–Crippen MR) is 131 cm³/mol. The number of methoxy groups -OCH3 is 2. The smallest absolute Gasteiger partial charge is 0.332 e. The fraction of sp³-hybridized carbons (Fsp3) is 0.200. The highest BCUT2D eigenvalue weighted by molar-refractivity contribution is 6.06. The molecule has 35 heavy (non-hydrogen) atoms. The van der Waals surface area contributed by atoms with Gasteiger partial charge in [-0.15, -0.1) is 0 Å². The van der Waals surface area contributed by atoms with Gasteiger partial charge in [-0.05, 0) is 48.0 Å². The van der Waals surface area contributed by atoms with Crippen molar-refractivity contribution in [3.8, 4) is 23.3 Å². The quantitative estimate of drug-likeness (QED) is 0.298. The van der Waals surface area contributed by atoms with Crippen LogP contribution in [0.3, 0.4) is 0 Å². The van der Waals surface area contributed by atoms with Crippen molar-refractivity contribution in [3.05, 3.63) is 80.5 Å². The second-order valence-electron chi connectivity index (χ2n) is 7.77. The molecule has 0 aliphatic heterocycles. The third-order valence-corrected chi connectivity index (χ3v) is 5.63. The molecule has 0 aliphatic carbocycles. The number of carbonyl (C=O) groups is 1. The van der Waals surface area contributed by atoms with E-state index in [9.17, 15) is 14.4 Å². The van der Waals surface area contributed by atoms with Crippen LogP contribution >= 0.6 is 0 Å². The zero-order valence-corrected chi connectivity index (χ0v) is 19.9. The van der Waals surface area contributed by atoms with E-state index in [-0.39, 0.29) is 23.0 Å². The Labute approximate surface area is 200 Å². The summed E-state index contributed by atoms with van der Waals surface area (Å²) < 4.78 is 20.3. The molecule has 2 heterocycles. The number of aryl methyl sites for hydroxylation is 2. The highest BCUT2D eigenvalue weighted by atomic mass is 16.5. The van der Waals surface area contributed by atoms with E-state index in [1.165, 1.54) is 36.4 Å². The summed E-state index contributed by atoms with van der Waals surface area (Å²) >= 11 is 0. The summed E-state index contributed by atoms with van der Waals surface area (Å²) in [5, 5.41) is 0. The van der Waals surface area contributed by atoms with Gasteiger partial charge in [-0.3, -0.25) is 23.3 Å². The standard InChI is InChI=1S/C25H24N4O6/c1-27-21-22(28(2)25(32)29(3)23(21)31)26-24(27)35-19-13-7-15(14-20(19)34-5)6-12-18(30)16-8-10-17(33-4)11-9-16/h6-14H,1-5H3/b12-6+. The lowest BCUT2D eigenvalue weighted by Gasteiger charge is -2.10. The number of ketones is 1. The Morgan fingerprint density at radius 2 is 1.60 bits per heavy atom. The first-order chi connectivity index (χ1) is 16.7. The van der Waals surface area contributed by atoms with Gasteiger partial charge in [0.05, 0.1) is 14.2 Å². The predicted octanol–water partition coefficient (Wildman–Crippen LogP) is 2.68. The van der Waals surface area contributed by atoms with Crippen molar-refractivity contribution in [1.82, 2.24) is 18.7 Å². The third kappa shape index (κ3) is 4.33. The summed E-state index contributed by atoms with van der Waals surface area (Å²) in [6.07, 6.45) is 3.15. The van der Waals surface area contributed by atoms with E-state index in [2.05, 4.69) is 4.98 Å². The van der Waals surface area contributed by atoms with E-state index in [0.29, 0.717) is 22.8 Å². The van der Waals surface area contributed by atoms with Crippen LogP contribution in [0.4, 0.5) is 0 Å². The molecular weight excluding hydrogens is 452 g/mol. The molecule has 2 aromatic heterocycles. The number of fused-ring (bicyclic) bond motifs is 1. The summed E-state index contributed by atoms with van der Waals surface area (Å²) in [6.45, 7) is 0. The van der Waals surface area contributed by atoms with E-state index in [1.807, 2.05) is 0 Å². The van der Waals surface area contributed by atoms with Gasteiger partial charge in [-0.2, -0.15) is 4.98 Å². The van der Waals surface area contributed by atoms with Crippen molar-refractivity contribution < 1.29 is 19.0 Å². The van der Waals surface area contributed by atoms with Gasteiger partial charge in [-0.25, -0.2) is 4.79 Å². The van der Waals surface area contributed by atoms with E-state index >= 15 is 0 Å². The van der Waals surface area contributed by atoms with Gasteiger partial charge in [0.25, 0.3) is 5.56 Å². The Balaban J connectivity index is 1.62. The minimum Gasteiger partial charge on any atom is -0.497 e. The first-order valence-electron chi connectivity index (χ1n) is 10.6. The molecule has 0 bridgehead atoms. The number of allylic oxidation sites excluding steroid dienone is 1. The SMILES string of the molecule is COc1ccc(C(=O)/C=C/c2ccc(Oc3nc4c(c(=O)n(C)c(=O)n4C)n3C)c(OC)c2)cc1. The fourth-order valence-electron chi connectivity index (χ4n) is 3.58. The normalized spacial score (nSPS) is 11.2. The van der Waals surface area contributed by atoms with Gasteiger partial charge in [0.15, 0.2) is 28.4 Å². The third-order valence-electron chi connectivity index (χ3n) is 5.63. The molecule has 4 aromatic rings. The Morgan fingerprint density at radius 1 is 0.886 bits per heavy atom. The lowest BCUT2D eigenvalue weighted by Crippen LogP contribution is -2.37. The summed E-state index contributed by atoms with van der Waals surface area (Å²) in [4.78, 5) is 41.6. The van der Waals surface area contributed by atoms with Gasteiger partial charge in [0.2, 0.25) is 0 Å². The van der Waals surface area contributed by atoms with Crippen molar-refractivity contribution >= 4 is 23.0 Å². The van der Waals surface area contributed by atoms with Gasteiger partial charge < -0.3 is 14.2 Å². The Hall–Kier alpha value is -4.60. The molecule has 0 atom stereocenters. The van der Waals surface area contributed by atoms with Crippen molar-refractivity contribution in [2.24, 2.45) is 21.1 Å². The molecule has 10 heteroatoms. The van der Waals surface area contributed by atoms with Crippen LogP contribution in [-0.2, 0) is 21.1 Å². The van der Waals surface area contributed by atoms with Gasteiger partial charge in [-0.1, -0.05) is 12.1 Å². The zero-order chi connectivity index (χ0) is 25.3. The zero-order valence-electron chi connectivity index (χ0n) is 19.9.